The number of benzene rings is 1. The fourth-order valence-electron chi connectivity index (χ4n) is 3.26. The number of phenols is 1. The minimum absolute atomic E-state index is 0.245. The first-order valence-corrected chi connectivity index (χ1v) is 8.24. The van der Waals surface area contributed by atoms with Crippen LogP contribution in [0.15, 0.2) is 18.2 Å². The van der Waals surface area contributed by atoms with Crippen molar-refractivity contribution in [3.8, 4) is 5.75 Å². The van der Waals surface area contributed by atoms with Gasteiger partial charge in [0.05, 0.1) is 0 Å². The standard InChI is InChI=1S/C18H30N2O/c1-13(2)11-20(12-16-6-5-9-19-16)15(4)17-10-14(3)7-8-18(17)21/h7-8,10,13,15-16,19,21H,5-6,9,11-12H2,1-4H3. The Morgan fingerprint density at radius 1 is 1.33 bits per heavy atom. The molecule has 1 heterocycles. The highest BCUT2D eigenvalue weighted by atomic mass is 16.3. The van der Waals surface area contributed by atoms with Gasteiger partial charge in [-0.2, -0.15) is 0 Å². The second kappa shape index (κ2) is 7.28. The summed E-state index contributed by atoms with van der Waals surface area (Å²) in [6.07, 6.45) is 2.55. The van der Waals surface area contributed by atoms with E-state index in [9.17, 15) is 5.11 Å². The molecule has 1 aliphatic heterocycles. The van der Waals surface area contributed by atoms with Crippen molar-refractivity contribution in [2.45, 2.75) is 52.6 Å². The minimum atomic E-state index is 0.245. The van der Waals surface area contributed by atoms with Gasteiger partial charge in [0.1, 0.15) is 5.75 Å². The number of rotatable bonds is 6. The molecule has 0 bridgehead atoms. The first-order chi connectivity index (χ1) is 9.97. The molecular formula is C18H30N2O. The van der Waals surface area contributed by atoms with Crippen molar-refractivity contribution < 1.29 is 5.11 Å². The van der Waals surface area contributed by atoms with E-state index in [1.165, 1.54) is 18.4 Å². The molecule has 1 aliphatic rings. The molecule has 3 nitrogen and oxygen atoms in total. The summed E-state index contributed by atoms with van der Waals surface area (Å²) in [5.74, 6) is 1.04. The molecule has 2 rings (SSSR count). The quantitative estimate of drug-likeness (QED) is 0.842. The van der Waals surface area contributed by atoms with Gasteiger partial charge in [0.2, 0.25) is 0 Å². The highest BCUT2D eigenvalue weighted by Gasteiger charge is 2.24. The van der Waals surface area contributed by atoms with Gasteiger partial charge in [0, 0.05) is 30.7 Å². The summed E-state index contributed by atoms with van der Waals surface area (Å²) in [5, 5.41) is 13.8. The SMILES string of the molecule is Cc1ccc(O)c(C(C)N(CC(C)C)CC2CCCN2)c1. The first-order valence-electron chi connectivity index (χ1n) is 8.24. The Bertz CT molecular complexity index is 453. The van der Waals surface area contributed by atoms with Crippen LogP contribution in [0.25, 0.3) is 0 Å². The number of nitrogens with zero attached hydrogens (tertiary/aromatic N) is 1. The Morgan fingerprint density at radius 2 is 2.10 bits per heavy atom. The van der Waals surface area contributed by atoms with Gasteiger partial charge in [0.15, 0.2) is 0 Å². The van der Waals surface area contributed by atoms with E-state index in [2.05, 4.69) is 44.0 Å². The zero-order chi connectivity index (χ0) is 15.4. The zero-order valence-electron chi connectivity index (χ0n) is 13.9. The summed E-state index contributed by atoms with van der Waals surface area (Å²) in [5.41, 5.74) is 2.26. The molecule has 118 valence electrons. The van der Waals surface area contributed by atoms with E-state index < -0.39 is 0 Å². The number of nitrogens with one attached hydrogen (secondary N) is 1. The third-order valence-electron chi connectivity index (χ3n) is 4.40. The van der Waals surface area contributed by atoms with Gasteiger partial charge in [-0.25, -0.2) is 0 Å². The number of phenolic OH excluding ortho intramolecular Hbond substituents is 1. The molecule has 0 saturated carbocycles. The molecule has 0 amide bonds. The van der Waals surface area contributed by atoms with E-state index >= 15 is 0 Å². The van der Waals surface area contributed by atoms with Crippen molar-refractivity contribution in [1.82, 2.24) is 10.2 Å². The Hall–Kier alpha value is -1.06. The minimum Gasteiger partial charge on any atom is -0.508 e. The fraction of sp³-hybridized carbons (Fsp3) is 0.667. The molecule has 1 aromatic carbocycles. The third kappa shape index (κ3) is 4.45. The van der Waals surface area contributed by atoms with Crippen LogP contribution in [-0.2, 0) is 0 Å². The Balaban J connectivity index is 2.15. The predicted octanol–water partition coefficient (Wildman–Crippen LogP) is 3.47. The third-order valence-corrected chi connectivity index (χ3v) is 4.40. The van der Waals surface area contributed by atoms with Crippen molar-refractivity contribution in [1.29, 1.82) is 0 Å². The second-order valence-corrected chi connectivity index (χ2v) is 6.88. The van der Waals surface area contributed by atoms with E-state index in [1.807, 2.05) is 12.1 Å². The molecule has 1 fully saturated rings. The summed E-state index contributed by atoms with van der Waals surface area (Å²) in [4.78, 5) is 2.52. The molecule has 0 aliphatic carbocycles. The van der Waals surface area contributed by atoms with Gasteiger partial charge in [-0.05, 0) is 45.2 Å². The van der Waals surface area contributed by atoms with E-state index in [4.69, 9.17) is 0 Å². The van der Waals surface area contributed by atoms with Gasteiger partial charge in [-0.1, -0.05) is 31.5 Å². The maximum Gasteiger partial charge on any atom is 0.120 e. The summed E-state index contributed by atoms with van der Waals surface area (Å²) >= 11 is 0. The van der Waals surface area contributed by atoms with Gasteiger partial charge < -0.3 is 10.4 Å². The Morgan fingerprint density at radius 3 is 2.71 bits per heavy atom. The average Bonchev–Trinajstić information content (AvgIpc) is 2.92. The maximum atomic E-state index is 10.2. The van der Waals surface area contributed by atoms with Gasteiger partial charge >= 0.3 is 0 Å². The van der Waals surface area contributed by atoms with Crippen molar-refractivity contribution in [2.75, 3.05) is 19.6 Å². The molecule has 1 saturated heterocycles. The van der Waals surface area contributed by atoms with Crippen molar-refractivity contribution in [3.63, 3.8) is 0 Å². The Kier molecular flexibility index (Phi) is 5.65. The average molecular weight is 290 g/mol. The first kappa shape index (κ1) is 16.3. The zero-order valence-corrected chi connectivity index (χ0v) is 13.9. The maximum absolute atomic E-state index is 10.2. The number of hydrogen-bond acceptors (Lipinski definition) is 3. The molecule has 0 radical (unpaired) electrons. The lowest BCUT2D eigenvalue weighted by Gasteiger charge is -2.33. The van der Waals surface area contributed by atoms with Gasteiger partial charge in [-0.15, -0.1) is 0 Å². The van der Waals surface area contributed by atoms with Crippen molar-refractivity contribution >= 4 is 0 Å². The largest absolute Gasteiger partial charge is 0.508 e. The predicted molar refractivity (Wildman–Crippen MR) is 88.7 cm³/mol. The van der Waals surface area contributed by atoms with Crippen molar-refractivity contribution in [2.24, 2.45) is 5.92 Å². The van der Waals surface area contributed by atoms with Crippen LogP contribution < -0.4 is 5.32 Å². The molecule has 2 atom stereocenters. The monoisotopic (exact) mass is 290 g/mol. The molecule has 3 heteroatoms. The molecular weight excluding hydrogens is 260 g/mol. The van der Waals surface area contributed by atoms with E-state index in [-0.39, 0.29) is 6.04 Å². The van der Waals surface area contributed by atoms with Crippen LogP contribution in [0.5, 0.6) is 5.75 Å². The lowest BCUT2D eigenvalue weighted by Crippen LogP contribution is -2.40. The molecule has 0 spiro atoms. The van der Waals surface area contributed by atoms with E-state index in [0.29, 0.717) is 17.7 Å². The highest BCUT2D eigenvalue weighted by Crippen LogP contribution is 2.30. The second-order valence-electron chi connectivity index (χ2n) is 6.88. The molecule has 21 heavy (non-hydrogen) atoms. The summed E-state index contributed by atoms with van der Waals surface area (Å²) in [7, 11) is 0. The molecule has 2 N–H and O–H groups in total. The number of hydrogen-bond donors (Lipinski definition) is 2. The van der Waals surface area contributed by atoms with Crippen LogP contribution in [0.4, 0.5) is 0 Å². The molecule has 2 unspecified atom stereocenters. The van der Waals surface area contributed by atoms with Crippen LogP contribution in [0.2, 0.25) is 0 Å². The fourth-order valence-corrected chi connectivity index (χ4v) is 3.26. The van der Waals surface area contributed by atoms with Gasteiger partial charge in [-0.3, -0.25) is 4.90 Å². The van der Waals surface area contributed by atoms with Crippen LogP contribution in [-0.4, -0.2) is 35.7 Å². The smallest absolute Gasteiger partial charge is 0.120 e. The highest BCUT2D eigenvalue weighted by molar-refractivity contribution is 5.37. The summed E-state index contributed by atoms with van der Waals surface area (Å²) in [6, 6.07) is 6.75. The van der Waals surface area contributed by atoms with Crippen LogP contribution in [0, 0.1) is 12.8 Å². The normalized spacial score (nSPS) is 20.4. The lowest BCUT2D eigenvalue weighted by atomic mass is 10.0. The lowest BCUT2D eigenvalue weighted by molar-refractivity contribution is 0.169. The van der Waals surface area contributed by atoms with Crippen LogP contribution in [0.1, 0.15) is 50.8 Å². The van der Waals surface area contributed by atoms with Crippen LogP contribution in [0.3, 0.4) is 0 Å². The van der Waals surface area contributed by atoms with E-state index in [0.717, 1.165) is 25.2 Å². The van der Waals surface area contributed by atoms with Gasteiger partial charge in [0.25, 0.3) is 0 Å². The molecule has 0 aromatic heterocycles. The Labute approximate surface area is 129 Å². The summed E-state index contributed by atoms with van der Waals surface area (Å²) < 4.78 is 0. The number of aryl methyl sites for hydroxylation is 1. The molecule has 1 aromatic rings. The van der Waals surface area contributed by atoms with Crippen molar-refractivity contribution in [3.05, 3.63) is 29.3 Å². The van der Waals surface area contributed by atoms with E-state index in [1.54, 1.807) is 0 Å². The summed E-state index contributed by atoms with van der Waals surface area (Å²) in [6.45, 7) is 12.1. The topological polar surface area (TPSA) is 35.5 Å². The van der Waals surface area contributed by atoms with Crippen LogP contribution >= 0.6 is 0 Å². The number of aromatic hydroxyl groups is 1.